The van der Waals surface area contributed by atoms with Gasteiger partial charge in [0.1, 0.15) is 0 Å². The van der Waals surface area contributed by atoms with E-state index in [1.807, 2.05) is 0 Å². The molecule has 0 amide bonds. The van der Waals surface area contributed by atoms with Gasteiger partial charge in [-0.3, -0.25) is 13.2 Å². The number of carbonyl (C=O) groups excluding carboxylic acids is 2. The summed E-state index contributed by atoms with van der Waals surface area (Å²) >= 11 is 0. The van der Waals surface area contributed by atoms with Gasteiger partial charge in [-0.2, -0.15) is 0 Å². The predicted octanol–water partition coefficient (Wildman–Crippen LogP) is 0.346. The number of rotatable bonds is 2. The van der Waals surface area contributed by atoms with Crippen LogP contribution in [0.5, 0.6) is 0 Å². The maximum atomic E-state index is 8.99. The van der Waals surface area contributed by atoms with E-state index in [1.54, 1.807) is 0 Å². The van der Waals surface area contributed by atoms with Gasteiger partial charge in [0.15, 0.2) is 0 Å². The largest absolute Gasteiger partial charge is 2.00 e. The molecule has 3 heteroatoms. The summed E-state index contributed by atoms with van der Waals surface area (Å²) in [5.74, 6) is 0. The van der Waals surface area contributed by atoms with Crippen LogP contribution in [0.15, 0.2) is 12.2 Å². The third-order valence-corrected chi connectivity index (χ3v) is 0.157. The van der Waals surface area contributed by atoms with Crippen molar-refractivity contribution in [3.8, 4) is 0 Å². The molecule has 0 fully saturated rings. The Bertz CT molecular complexity index is 65.1. The molecule has 0 aliphatic rings. The van der Waals surface area contributed by atoms with Gasteiger partial charge in [-0.1, -0.05) is 0 Å². The van der Waals surface area contributed by atoms with Crippen molar-refractivity contribution < 1.29 is 26.1 Å². The van der Waals surface area contributed by atoms with Gasteiger partial charge in [-0.05, 0) is 12.6 Å². The molecule has 0 rings (SSSR count). The summed E-state index contributed by atoms with van der Waals surface area (Å²) in [7, 11) is 0. The third-order valence-electron chi connectivity index (χ3n) is 0.157. The van der Waals surface area contributed by atoms with Crippen LogP contribution in [0.3, 0.4) is 0 Å². The number of carbonyl (C=O) groups is 2. The fourth-order valence-electron chi connectivity index (χ4n) is 0. The van der Waals surface area contributed by atoms with Gasteiger partial charge in [0, 0.05) is 0 Å². The van der Waals surface area contributed by atoms with Gasteiger partial charge in [-0.25, -0.2) is 12.2 Å². The molecule has 0 saturated heterocycles. The van der Waals surface area contributed by atoms with Crippen molar-refractivity contribution in [3.05, 3.63) is 25.3 Å². The molecule has 0 heterocycles. The Kier molecular flexibility index (Phi) is 46.5. The molecular formula is C6H6NiO2. The molecule has 0 aromatic heterocycles. The van der Waals surface area contributed by atoms with Crippen LogP contribution in [0.4, 0.5) is 0 Å². The molecule has 0 aromatic rings. The third kappa shape index (κ3) is 120. The van der Waals surface area contributed by atoms with E-state index in [0.717, 1.165) is 12.2 Å². The molecule has 0 atom stereocenters. The molecule has 0 saturated carbocycles. The second-order valence-electron chi connectivity index (χ2n) is 0.657. The predicted molar refractivity (Wildman–Crippen MR) is 29.9 cm³/mol. The van der Waals surface area contributed by atoms with E-state index in [4.69, 9.17) is 9.59 Å². The molecule has 2 nitrogen and oxygen atoms in total. The van der Waals surface area contributed by atoms with Crippen LogP contribution in [-0.2, 0) is 26.1 Å². The van der Waals surface area contributed by atoms with Gasteiger partial charge in [0.25, 0.3) is 0 Å². The standard InChI is InChI=1S/2C3H3O.Ni/c2*1-2-3-4;/h2*1-3H;/q2*-1;+2. The Morgan fingerprint density at radius 3 is 1.00 bits per heavy atom. The minimum absolute atomic E-state index is 0. The molecule has 52 valence electrons. The quantitative estimate of drug-likeness (QED) is 0.258. The molecule has 0 bridgehead atoms. The van der Waals surface area contributed by atoms with Crippen molar-refractivity contribution in [3.63, 3.8) is 0 Å². The fourth-order valence-corrected chi connectivity index (χ4v) is 0. The van der Waals surface area contributed by atoms with Crippen molar-refractivity contribution in [2.45, 2.75) is 0 Å². The molecule has 0 radical (unpaired) electrons. The van der Waals surface area contributed by atoms with Gasteiger partial charge in [-0.15, -0.1) is 0 Å². The average Bonchev–Trinajstić information content (AvgIpc) is 1.88. The minimum atomic E-state index is 0. The van der Waals surface area contributed by atoms with Crippen molar-refractivity contribution in [1.29, 1.82) is 0 Å². The average molecular weight is 169 g/mol. The Balaban J connectivity index is -0.0000000720. The zero-order valence-corrected chi connectivity index (χ0v) is 5.58. The minimum Gasteiger partial charge on any atom is -0.410 e. The number of hydrogen-bond acceptors (Lipinski definition) is 2. The molecule has 0 spiro atoms. The Morgan fingerprint density at radius 2 is 1.00 bits per heavy atom. The first kappa shape index (κ1) is 15.7. The van der Waals surface area contributed by atoms with Gasteiger partial charge < -0.3 is 9.59 Å². The second-order valence-corrected chi connectivity index (χ2v) is 0.657. The summed E-state index contributed by atoms with van der Waals surface area (Å²) in [4.78, 5) is 18.0. The zero-order valence-electron chi connectivity index (χ0n) is 4.60. The maximum absolute atomic E-state index is 8.99. The van der Waals surface area contributed by atoms with E-state index in [2.05, 4.69) is 13.2 Å². The summed E-state index contributed by atoms with van der Waals surface area (Å²) < 4.78 is 0. The van der Waals surface area contributed by atoms with E-state index in [9.17, 15) is 0 Å². The van der Waals surface area contributed by atoms with Crippen LogP contribution in [-0.4, -0.2) is 12.6 Å². The molecule has 0 aliphatic carbocycles. The molecule has 0 N–H and O–H groups in total. The SMILES string of the molecule is [CH-]=CC=O.[CH-]=CC=O.[Ni+2]. The summed E-state index contributed by atoms with van der Waals surface area (Å²) in [6.45, 7) is 9.07. The van der Waals surface area contributed by atoms with E-state index in [0.29, 0.717) is 12.6 Å². The van der Waals surface area contributed by atoms with E-state index in [-0.39, 0.29) is 16.5 Å². The van der Waals surface area contributed by atoms with Crippen molar-refractivity contribution in [2.24, 2.45) is 0 Å². The normalized spacial score (nSPS) is 4.44. The van der Waals surface area contributed by atoms with Crippen molar-refractivity contribution in [2.75, 3.05) is 0 Å². The number of hydrogen-bond donors (Lipinski definition) is 0. The number of aldehydes is 2. The van der Waals surface area contributed by atoms with Gasteiger partial charge >= 0.3 is 16.5 Å². The molecule has 0 aliphatic heterocycles. The maximum Gasteiger partial charge on any atom is 2.00 e. The summed E-state index contributed by atoms with van der Waals surface area (Å²) in [5, 5.41) is 0. The Labute approximate surface area is 64.6 Å². The fraction of sp³-hybridized carbons (Fsp3) is 0. The molecular weight excluding hydrogens is 163 g/mol. The van der Waals surface area contributed by atoms with Crippen LogP contribution in [0.2, 0.25) is 0 Å². The smallest absolute Gasteiger partial charge is 0.410 e. The number of allylic oxidation sites excluding steroid dienone is 2. The monoisotopic (exact) mass is 168 g/mol. The van der Waals surface area contributed by atoms with Crippen molar-refractivity contribution in [1.82, 2.24) is 0 Å². The Hall–Kier alpha value is -0.686. The summed E-state index contributed by atoms with van der Waals surface area (Å²) in [6, 6.07) is 0. The zero-order chi connectivity index (χ0) is 6.83. The topological polar surface area (TPSA) is 34.1 Å². The second kappa shape index (κ2) is 26.6. The van der Waals surface area contributed by atoms with Gasteiger partial charge in [0.05, 0.1) is 0 Å². The first-order valence-corrected chi connectivity index (χ1v) is 1.80. The Morgan fingerprint density at radius 1 is 0.889 bits per heavy atom. The molecule has 9 heavy (non-hydrogen) atoms. The molecule has 0 aromatic carbocycles. The van der Waals surface area contributed by atoms with E-state index in [1.165, 1.54) is 0 Å². The van der Waals surface area contributed by atoms with E-state index < -0.39 is 0 Å². The van der Waals surface area contributed by atoms with Crippen LogP contribution in [0.1, 0.15) is 0 Å². The van der Waals surface area contributed by atoms with E-state index >= 15 is 0 Å². The first-order valence-electron chi connectivity index (χ1n) is 1.80. The van der Waals surface area contributed by atoms with Crippen LogP contribution >= 0.6 is 0 Å². The summed E-state index contributed by atoms with van der Waals surface area (Å²) in [5.41, 5.74) is 0. The summed E-state index contributed by atoms with van der Waals surface area (Å²) in [6.07, 6.45) is 2.94. The van der Waals surface area contributed by atoms with Crippen LogP contribution < -0.4 is 0 Å². The first-order chi connectivity index (χ1) is 3.83. The van der Waals surface area contributed by atoms with Crippen LogP contribution in [0, 0.1) is 13.2 Å². The van der Waals surface area contributed by atoms with Crippen molar-refractivity contribution >= 4 is 12.6 Å². The van der Waals surface area contributed by atoms with Gasteiger partial charge in [0.2, 0.25) is 0 Å². The van der Waals surface area contributed by atoms with Crippen LogP contribution in [0.25, 0.3) is 0 Å². The molecule has 0 unspecified atom stereocenters.